The first-order chi connectivity index (χ1) is 2.43. The van der Waals surface area contributed by atoms with Gasteiger partial charge >= 0.3 is 0 Å². The summed E-state index contributed by atoms with van der Waals surface area (Å²) in [5.74, 6) is 0. The Morgan fingerprint density at radius 1 is 2.00 bits per heavy atom. The number of hydrogen-bond donors (Lipinski definition) is 0. The van der Waals surface area contributed by atoms with Crippen LogP contribution in [0.1, 0.15) is 0 Å². The molecule has 27 valence electrons. The van der Waals surface area contributed by atoms with Crippen molar-refractivity contribution < 1.29 is 4.74 Å². The summed E-state index contributed by atoms with van der Waals surface area (Å²) >= 11 is 0. The maximum absolute atomic E-state index is 4.81. The summed E-state index contributed by atoms with van der Waals surface area (Å²) in [6.45, 7) is 0.962. The third-order valence-electron chi connectivity index (χ3n) is 0.630. The number of ether oxygens (including phenoxy) is 1. The molecule has 1 unspecified atom stereocenters. The van der Waals surface area contributed by atoms with Crippen molar-refractivity contribution in [1.82, 2.24) is 0 Å². The molecule has 0 amide bonds. The summed E-state index contributed by atoms with van der Waals surface area (Å²) in [5.41, 5.74) is 0. The van der Waals surface area contributed by atoms with Crippen LogP contribution in [0.5, 0.6) is 0 Å². The number of epoxide rings is 1. The average Bonchev–Trinajstić information content (AvgIpc) is 2.12. The van der Waals surface area contributed by atoms with Gasteiger partial charge < -0.3 is 4.74 Å². The van der Waals surface area contributed by atoms with E-state index < -0.39 is 0 Å². The monoisotopic (exact) mass is 85.0 g/mol. The molecule has 1 aliphatic rings. The highest BCUT2D eigenvalue weighted by Gasteiger charge is 2.18. The first-order valence-corrected chi connectivity index (χ1v) is 2.40. The molecule has 0 aromatic carbocycles. The minimum Gasteiger partial charge on any atom is -0.373 e. The maximum Gasteiger partial charge on any atom is 0.0780 e. The molecule has 1 aliphatic heterocycles. The van der Waals surface area contributed by atoms with Crippen LogP contribution in [0.3, 0.4) is 0 Å². The van der Waals surface area contributed by atoms with Gasteiger partial charge in [0.2, 0.25) is 0 Å². The van der Waals surface area contributed by atoms with E-state index in [1.807, 2.05) is 0 Å². The molecule has 0 aromatic rings. The van der Waals surface area contributed by atoms with Gasteiger partial charge in [-0.3, -0.25) is 0 Å². The van der Waals surface area contributed by atoms with E-state index in [9.17, 15) is 0 Å². The van der Waals surface area contributed by atoms with E-state index in [-0.39, 0.29) is 0 Å². The molecule has 1 fully saturated rings. The fraction of sp³-hybridized carbons (Fsp3) is 1.00. The highest BCUT2D eigenvalue weighted by Crippen LogP contribution is 2.10. The van der Waals surface area contributed by atoms with Crippen LogP contribution >= 0.6 is 0 Å². The lowest BCUT2D eigenvalue weighted by Gasteiger charge is -1.68. The predicted molar refractivity (Wildman–Crippen MR) is 20.3 cm³/mol. The molecule has 1 rings (SSSR count). The zero-order valence-electron chi connectivity index (χ0n) is 2.90. The Balaban J connectivity index is 2.00. The largest absolute Gasteiger partial charge is 0.373 e. The van der Waals surface area contributed by atoms with Crippen molar-refractivity contribution in [3.05, 3.63) is 0 Å². The standard InChI is InChI=1S/C3H5OSi/c5-2-3-1-4-3/h3H,1-2H2. The van der Waals surface area contributed by atoms with Gasteiger partial charge in [-0.25, -0.2) is 0 Å². The Morgan fingerprint density at radius 3 is 2.60 bits per heavy atom. The summed E-state index contributed by atoms with van der Waals surface area (Å²) in [7, 11) is 3.29. The highest BCUT2D eigenvalue weighted by atomic mass is 28.1. The Bertz CT molecular complexity index is 33.9. The first kappa shape index (κ1) is 3.37. The fourth-order valence-corrected chi connectivity index (χ4v) is 0.422. The Labute approximate surface area is 34.7 Å². The Kier molecular flexibility index (Phi) is 0.745. The lowest BCUT2D eigenvalue weighted by Crippen LogP contribution is -1.76. The van der Waals surface area contributed by atoms with E-state index in [0.717, 1.165) is 12.7 Å². The average molecular weight is 85.2 g/mol. The van der Waals surface area contributed by atoms with Crippen molar-refractivity contribution in [1.29, 1.82) is 0 Å². The number of rotatable bonds is 1. The van der Waals surface area contributed by atoms with Crippen molar-refractivity contribution in [3.63, 3.8) is 0 Å². The van der Waals surface area contributed by atoms with Gasteiger partial charge in [0.25, 0.3) is 0 Å². The molecule has 0 saturated carbocycles. The maximum atomic E-state index is 4.81. The topological polar surface area (TPSA) is 12.5 Å². The molecule has 2 heteroatoms. The quantitative estimate of drug-likeness (QED) is 0.322. The van der Waals surface area contributed by atoms with Crippen LogP contribution in [0, 0.1) is 0 Å². The smallest absolute Gasteiger partial charge is 0.0780 e. The van der Waals surface area contributed by atoms with E-state index in [4.69, 9.17) is 4.74 Å². The third kappa shape index (κ3) is 0.739. The van der Waals surface area contributed by atoms with E-state index >= 15 is 0 Å². The van der Waals surface area contributed by atoms with Crippen molar-refractivity contribution in [3.8, 4) is 0 Å². The number of hydrogen-bond acceptors (Lipinski definition) is 1. The van der Waals surface area contributed by atoms with Gasteiger partial charge in [-0.15, -0.1) is 0 Å². The highest BCUT2D eigenvalue weighted by molar-refractivity contribution is 6.09. The molecule has 5 heavy (non-hydrogen) atoms. The van der Waals surface area contributed by atoms with E-state index in [1.54, 1.807) is 0 Å². The summed E-state index contributed by atoms with van der Waals surface area (Å²) in [5, 5.41) is 0. The minimum atomic E-state index is 0.548. The van der Waals surface area contributed by atoms with Gasteiger partial charge in [0.05, 0.1) is 12.7 Å². The minimum absolute atomic E-state index is 0.548. The Hall–Kier alpha value is 0.177. The van der Waals surface area contributed by atoms with Crippen LogP contribution < -0.4 is 0 Å². The predicted octanol–water partition coefficient (Wildman–Crippen LogP) is -0.0280. The van der Waals surface area contributed by atoms with E-state index in [2.05, 4.69) is 10.2 Å². The van der Waals surface area contributed by atoms with Crippen LogP contribution in [-0.4, -0.2) is 23.0 Å². The first-order valence-electron chi connectivity index (χ1n) is 1.69. The normalized spacial score (nSPS) is 34.2. The van der Waals surface area contributed by atoms with Crippen molar-refractivity contribution >= 4 is 10.2 Å². The summed E-state index contributed by atoms with van der Waals surface area (Å²) < 4.78 is 4.81. The Morgan fingerprint density at radius 2 is 2.60 bits per heavy atom. The van der Waals surface area contributed by atoms with Crippen LogP contribution in [-0.2, 0) is 4.74 Å². The van der Waals surface area contributed by atoms with Gasteiger partial charge in [-0.05, 0) is 6.04 Å². The lowest BCUT2D eigenvalue weighted by atomic mass is 10.6. The summed E-state index contributed by atoms with van der Waals surface area (Å²) in [6.07, 6.45) is 0.548. The fourth-order valence-electron chi connectivity index (χ4n) is 0.186. The lowest BCUT2D eigenvalue weighted by molar-refractivity contribution is 0.423. The van der Waals surface area contributed by atoms with E-state index in [0.29, 0.717) is 6.10 Å². The molecular formula is C3H5OSi. The SMILES string of the molecule is [Si]CC1CO1. The molecule has 1 atom stereocenters. The van der Waals surface area contributed by atoms with Crippen LogP contribution in [0.25, 0.3) is 0 Å². The van der Waals surface area contributed by atoms with Crippen LogP contribution in [0.4, 0.5) is 0 Å². The molecule has 0 bridgehead atoms. The molecule has 1 nitrogen and oxygen atoms in total. The third-order valence-corrected chi connectivity index (χ3v) is 1.09. The molecule has 1 heterocycles. The molecule has 0 spiro atoms. The molecule has 0 aromatic heterocycles. The van der Waals surface area contributed by atoms with Crippen LogP contribution in [0.2, 0.25) is 6.04 Å². The zero-order valence-corrected chi connectivity index (χ0v) is 3.90. The van der Waals surface area contributed by atoms with Crippen LogP contribution in [0.15, 0.2) is 0 Å². The van der Waals surface area contributed by atoms with Gasteiger partial charge in [-0.1, -0.05) is 0 Å². The molecule has 3 radical (unpaired) electrons. The second kappa shape index (κ2) is 1.10. The van der Waals surface area contributed by atoms with Crippen molar-refractivity contribution in [2.75, 3.05) is 6.61 Å². The molecule has 0 N–H and O–H groups in total. The van der Waals surface area contributed by atoms with Crippen molar-refractivity contribution in [2.24, 2.45) is 0 Å². The molecular weight excluding hydrogens is 80.1 g/mol. The second-order valence-electron chi connectivity index (χ2n) is 1.16. The van der Waals surface area contributed by atoms with Crippen molar-refractivity contribution in [2.45, 2.75) is 12.1 Å². The van der Waals surface area contributed by atoms with Gasteiger partial charge in [0.1, 0.15) is 0 Å². The van der Waals surface area contributed by atoms with E-state index in [1.165, 1.54) is 0 Å². The van der Waals surface area contributed by atoms with Gasteiger partial charge in [0.15, 0.2) is 0 Å². The zero-order chi connectivity index (χ0) is 3.70. The summed E-state index contributed by atoms with van der Waals surface area (Å²) in [4.78, 5) is 0. The second-order valence-corrected chi connectivity index (χ2v) is 1.57. The van der Waals surface area contributed by atoms with Gasteiger partial charge in [-0.2, -0.15) is 0 Å². The summed E-state index contributed by atoms with van der Waals surface area (Å²) in [6, 6.07) is 1.00. The molecule has 0 aliphatic carbocycles. The molecule has 1 saturated heterocycles. The van der Waals surface area contributed by atoms with Gasteiger partial charge in [0, 0.05) is 10.2 Å².